The normalized spacial score (nSPS) is 17.0. The number of carbonyl (C=O) groups is 4. The van der Waals surface area contributed by atoms with Crippen molar-refractivity contribution in [2.45, 2.75) is 12.5 Å². The van der Waals surface area contributed by atoms with Gasteiger partial charge in [0, 0.05) is 6.42 Å². The fraction of sp³-hybridized carbons (Fsp3) is 0.133. The topological polar surface area (TPSA) is 144 Å². The molecule has 1 unspecified atom stereocenters. The van der Waals surface area contributed by atoms with Crippen LogP contribution in [0.4, 0.5) is 0 Å². The Morgan fingerprint density at radius 3 is 2.54 bits per heavy atom. The maximum atomic E-state index is 12.5. The van der Waals surface area contributed by atoms with Crippen LogP contribution in [0.1, 0.15) is 37.5 Å². The second kappa shape index (κ2) is 5.70. The van der Waals surface area contributed by atoms with Crippen molar-refractivity contribution >= 4 is 30.1 Å². The number of carbonyl (C=O) groups excluding carboxylic acids is 3. The summed E-state index contributed by atoms with van der Waals surface area (Å²) in [6, 6.07) is 1.92. The molecule has 2 aliphatic rings. The van der Waals surface area contributed by atoms with E-state index in [2.05, 4.69) is 4.99 Å². The van der Waals surface area contributed by atoms with E-state index in [-0.39, 0.29) is 23.1 Å². The van der Waals surface area contributed by atoms with Crippen LogP contribution in [-0.4, -0.2) is 46.1 Å². The van der Waals surface area contributed by atoms with Gasteiger partial charge in [0.25, 0.3) is 11.8 Å². The third-order valence-corrected chi connectivity index (χ3v) is 3.77. The Morgan fingerprint density at radius 2 is 1.96 bits per heavy atom. The Morgan fingerprint density at radius 1 is 1.25 bits per heavy atom. The molecule has 0 bridgehead atoms. The van der Waals surface area contributed by atoms with E-state index in [4.69, 9.17) is 5.11 Å². The zero-order valence-electron chi connectivity index (χ0n) is 12.1. The zero-order chi connectivity index (χ0) is 17.4. The molecule has 3 N–H and O–H groups in total. The maximum absolute atomic E-state index is 12.5. The fourth-order valence-corrected chi connectivity index (χ4v) is 2.61. The van der Waals surface area contributed by atoms with Crippen molar-refractivity contribution in [2.24, 2.45) is 4.99 Å². The zero-order valence-corrected chi connectivity index (χ0v) is 12.1. The number of carboxylic acids is 2. The Bertz CT molecular complexity index is 842. The van der Waals surface area contributed by atoms with E-state index in [1.165, 1.54) is 18.5 Å². The number of aliphatic imine (C=N–C) groups is 1. The lowest BCUT2D eigenvalue weighted by Crippen LogP contribution is -2.74. The Hall–Kier alpha value is -3.33. The van der Waals surface area contributed by atoms with Crippen LogP contribution in [0.3, 0.4) is 0 Å². The fourth-order valence-electron chi connectivity index (χ4n) is 2.61. The van der Waals surface area contributed by atoms with Gasteiger partial charge in [0.05, 0.1) is 28.7 Å². The Balaban J connectivity index is 1.97. The van der Waals surface area contributed by atoms with E-state index in [1.807, 2.05) is 0 Å². The van der Waals surface area contributed by atoms with Gasteiger partial charge in [-0.15, -0.1) is 0 Å². The van der Waals surface area contributed by atoms with Gasteiger partial charge >= 0.3 is 5.97 Å². The number of imide groups is 1. The minimum Gasteiger partial charge on any atom is -0.548 e. The lowest BCUT2D eigenvalue weighted by molar-refractivity contribution is -0.447. The molecule has 2 heterocycles. The van der Waals surface area contributed by atoms with Crippen LogP contribution < -0.4 is 10.4 Å². The third kappa shape index (κ3) is 2.46. The number of nitrogens with two attached hydrogens (primary N) is 1. The molecule has 2 amide bonds. The standard InChI is InChI=1S/C15H11N3O6/c19-12-9-2-1-7(14(21)22)3-10(9)13(20)18(12)11(15(23)24)4-8-5-16-6-17-8/h1-3,5-6,11H,4H2,(H,16,17)(H,21,22)(H,23,24). The van der Waals surface area contributed by atoms with Gasteiger partial charge in [0.15, 0.2) is 6.34 Å². The van der Waals surface area contributed by atoms with Crippen molar-refractivity contribution in [2.75, 3.05) is 0 Å². The predicted molar refractivity (Wildman–Crippen MR) is 75.8 cm³/mol. The first kappa shape index (κ1) is 15.6. The molecule has 0 radical (unpaired) electrons. The second-order valence-corrected chi connectivity index (χ2v) is 5.21. The summed E-state index contributed by atoms with van der Waals surface area (Å²) >= 11 is 0. The average Bonchev–Trinajstić information content (AvgIpc) is 3.13. The van der Waals surface area contributed by atoms with Crippen molar-refractivity contribution in [3.63, 3.8) is 0 Å². The SMILES string of the molecule is O=C(O)c1ccc2c(c1)C(=O)N(C(CC1=C[NH2+]C=N1)C(=O)[O-])C2=O. The number of aromatic carboxylic acids is 1. The monoisotopic (exact) mass is 329 g/mol. The molecule has 3 rings (SSSR count). The van der Waals surface area contributed by atoms with Crippen LogP contribution in [0.25, 0.3) is 0 Å². The maximum Gasteiger partial charge on any atom is 0.335 e. The summed E-state index contributed by atoms with van der Waals surface area (Å²) in [5.74, 6) is -4.51. The van der Waals surface area contributed by atoms with Crippen LogP contribution in [-0.2, 0) is 4.79 Å². The van der Waals surface area contributed by atoms with Gasteiger partial charge < -0.3 is 15.0 Å². The molecule has 0 spiro atoms. The molecule has 0 fully saturated rings. The minimum atomic E-state index is -1.59. The third-order valence-electron chi connectivity index (χ3n) is 3.77. The van der Waals surface area contributed by atoms with E-state index >= 15 is 0 Å². The molecule has 0 saturated heterocycles. The molecule has 0 aliphatic carbocycles. The van der Waals surface area contributed by atoms with Gasteiger partial charge in [0.1, 0.15) is 11.9 Å². The highest BCUT2D eigenvalue weighted by Gasteiger charge is 2.41. The van der Waals surface area contributed by atoms with Crippen LogP contribution in [0.5, 0.6) is 0 Å². The lowest BCUT2D eigenvalue weighted by atomic mass is 10.1. The Labute approximate surface area is 134 Å². The number of nitrogens with zero attached hydrogens (tertiary/aromatic N) is 2. The van der Waals surface area contributed by atoms with E-state index in [1.54, 1.807) is 11.5 Å². The molecule has 2 aliphatic heterocycles. The van der Waals surface area contributed by atoms with Crippen molar-refractivity contribution in [3.05, 3.63) is 46.8 Å². The summed E-state index contributed by atoms with van der Waals surface area (Å²) in [6.07, 6.45) is 2.84. The predicted octanol–water partition coefficient (Wildman–Crippen LogP) is -2.06. The number of quaternary nitrogens is 1. The minimum absolute atomic E-state index is 0.0354. The van der Waals surface area contributed by atoms with Crippen LogP contribution in [0, 0.1) is 0 Å². The second-order valence-electron chi connectivity index (χ2n) is 5.21. The van der Waals surface area contributed by atoms with Crippen LogP contribution >= 0.6 is 0 Å². The van der Waals surface area contributed by atoms with Crippen molar-refractivity contribution in [1.29, 1.82) is 0 Å². The quantitative estimate of drug-likeness (QED) is 0.594. The Kier molecular flexibility index (Phi) is 3.70. The van der Waals surface area contributed by atoms with Gasteiger partial charge in [-0.05, 0) is 18.2 Å². The summed E-state index contributed by atoms with van der Waals surface area (Å²) in [4.78, 5) is 51.8. The number of aliphatic carboxylic acids is 1. The first-order chi connectivity index (χ1) is 11.4. The van der Waals surface area contributed by atoms with E-state index in [0.717, 1.165) is 6.07 Å². The molecular weight excluding hydrogens is 318 g/mol. The lowest BCUT2D eigenvalue weighted by Gasteiger charge is -2.26. The number of rotatable bonds is 5. The van der Waals surface area contributed by atoms with Crippen molar-refractivity contribution in [3.8, 4) is 0 Å². The summed E-state index contributed by atoms with van der Waals surface area (Å²) in [5.41, 5.74) is 0.0553. The van der Waals surface area contributed by atoms with Gasteiger partial charge in [-0.25, -0.2) is 9.79 Å². The number of amides is 2. The summed E-state index contributed by atoms with van der Waals surface area (Å²) < 4.78 is 0. The van der Waals surface area contributed by atoms with Gasteiger partial charge in [-0.1, -0.05) is 0 Å². The highest BCUT2D eigenvalue weighted by molar-refractivity contribution is 6.23. The smallest absolute Gasteiger partial charge is 0.335 e. The molecule has 9 heteroatoms. The number of benzene rings is 1. The molecule has 0 saturated carbocycles. The molecular formula is C15H11N3O6. The first-order valence-corrected chi connectivity index (χ1v) is 6.93. The number of hydrogen-bond donors (Lipinski definition) is 2. The number of fused-ring (bicyclic) bond motifs is 1. The summed E-state index contributed by atoms with van der Waals surface area (Å²) in [6.45, 7) is 0. The van der Waals surface area contributed by atoms with Gasteiger partial charge in [0.2, 0.25) is 0 Å². The molecule has 24 heavy (non-hydrogen) atoms. The summed E-state index contributed by atoms with van der Waals surface area (Å²) in [7, 11) is 0. The molecule has 9 nitrogen and oxygen atoms in total. The number of carboxylic acid groups (broad SMARTS) is 2. The largest absolute Gasteiger partial charge is 0.548 e. The van der Waals surface area contributed by atoms with Crippen LogP contribution in [0.15, 0.2) is 35.1 Å². The van der Waals surface area contributed by atoms with Gasteiger partial charge in [-0.2, -0.15) is 0 Å². The average molecular weight is 329 g/mol. The number of hydrogen-bond acceptors (Lipinski definition) is 6. The van der Waals surface area contributed by atoms with Crippen molar-refractivity contribution in [1.82, 2.24) is 4.90 Å². The molecule has 1 aromatic rings. The van der Waals surface area contributed by atoms with E-state index in [9.17, 15) is 24.3 Å². The molecule has 122 valence electrons. The van der Waals surface area contributed by atoms with Crippen molar-refractivity contribution < 1.29 is 34.7 Å². The van der Waals surface area contributed by atoms with Gasteiger partial charge in [-0.3, -0.25) is 19.8 Å². The molecule has 1 atom stereocenters. The highest BCUT2D eigenvalue weighted by Crippen LogP contribution is 2.28. The first-order valence-electron chi connectivity index (χ1n) is 6.93. The van der Waals surface area contributed by atoms with E-state index in [0.29, 0.717) is 10.6 Å². The molecule has 0 aromatic heterocycles. The summed E-state index contributed by atoms with van der Waals surface area (Å²) in [5, 5.41) is 22.0. The highest BCUT2D eigenvalue weighted by atomic mass is 16.4. The van der Waals surface area contributed by atoms with Crippen LogP contribution in [0.2, 0.25) is 0 Å². The molecule has 1 aromatic carbocycles. The van der Waals surface area contributed by atoms with E-state index < -0.39 is 29.8 Å².